The van der Waals surface area contributed by atoms with E-state index in [9.17, 15) is 0 Å². The quantitative estimate of drug-likeness (QED) is 0.605. The molecule has 0 aliphatic rings. The molecule has 0 aromatic carbocycles. The summed E-state index contributed by atoms with van der Waals surface area (Å²) < 4.78 is 0. The zero-order valence-corrected chi connectivity index (χ0v) is 8.68. The van der Waals surface area contributed by atoms with E-state index in [-0.39, 0.29) is 0 Å². The fourth-order valence-electron chi connectivity index (χ4n) is 0.534. The molecule has 0 spiro atoms. The highest BCUT2D eigenvalue weighted by atomic mass is 15.0. The predicted molar refractivity (Wildman–Crippen MR) is 51.4 cm³/mol. The van der Waals surface area contributed by atoms with Crippen LogP contribution in [0.3, 0.4) is 0 Å². The SMILES string of the molecule is CC(C)C(C)(C)/C=C/N(C)C. The third-order valence-corrected chi connectivity index (χ3v) is 2.29. The second-order valence-corrected chi connectivity index (χ2v) is 4.26. The van der Waals surface area contributed by atoms with E-state index in [1.807, 2.05) is 14.1 Å². The van der Waals surface area contributed by atoms with E-state index in [0.717, 1.165) is 0 Å². The Morgan fingerprint density at radius 1 is 1.18 bits per heavy atom. The minimum atomic E-state index is 0.310. The van der Waals surface area contributed by atoms with E-state index in [1.165, 1.54) is 0 Å². The van der Waals surface area contributed by atoms with Gasteiger partial charge < -0.3 is 4.90 Å². The van der Waals surface area contributed by atoms with Crippen LogP contribution in [0.4, 0.5) is 0 Å². The van der Waals surface area contributed by atoms with E-state index in [0.29, 0.717) is 11.3 Å². The van der Waals surface area contributed by atoms with Crippen LogP contribution in [0.5, 0.6) is 0 Å². The van der Waals surface area contributed by atoms with Crippen molar-refractivity contribution >= 4 is 0 Å². The van der Waals surface area contributed by atoms with Gasteiger partial charge in [0.15, 0.2) is 0 Å². The molecule has 0 atom stereocenters. The third-order valence-electron chi connectivity index (χ3n) is 2.29. The zero-order chi connectivity index (χ0) is 9.07. The van der Waals surface area contributed by atoms with Crippen LogP contribution in [0, 0.1) is 11.3 Å². The number of nitrogens with zero attached hydrogens (tertiary/aromatic N) is 1. The van der Waals surface area contributed by atoms with Crippen molar-refractivity contribution in [1.82, 2.24) is 4.90 Å². The molecule has 0 unspecified atom stereocenters. The third kappa shape index (κ3) is 4.07. The topological polar surface area (TPSA) is 3.24 Å². The van der Waals surface area contributed by atoms with Crippen LogP contribution in [0.15, 0.2) is 12.3 Å². The highest BCUT2D eigenvalue weighted by Crippen LogP contribution is 2.27. The van der Waals surface area contributed by atoms with Gasteiger partial charge in [-0.3, -0.25) is 0 Å². The van der Waals surface area contributed by atoms with Crippen LogP contribution < -0.4 is 0 Å². The van der Waals surface area contributed by atoms with Crippen molar-refractivity contribution < 1.29 is 0 Å². The lowest BCUT2D eigenvalue weighted by atomic mass is 9.81. The van der Waals surface area contributed by atoms with E-state index in [2.05, 4.69) is 44.9 Å². The molecule has 1 nitrogen and oxygen atoms in total. The summed E-state index contributed by atoms with van der Waals surface area (Å²) in [7, 11) is 4.10. The van der Waals surface area contributed by atoms with Gasteiger partial charge in [-0.05, 0) is 17.5 Å². The van der Waals surface area contributed by atoms with Crippen molar-refractivity contribution in [1.29, 1.82) is 0 Å². The van der Waals surface area contributed by atoms with Gasteiger partial charge in [-0.1, -0.05) is 33.8 Å². The highest BCUT2D eigenvalue weighted by molar-refractivity contribution is 4.95. The molecular formula is C10H21N. The summed E-state index contributed by atoms with van der Waals surface area (Å²) in [4.78, 5) is 2.07. The van der Waals surface area contributed by atoms with Crippen molar-refractivity contribution in [2.45, 2.75) is 27.7 Å². The van der Waals surface area contributed by atoms with Gasteiger partial charge in [-0.15, -0.1) is 0 Å². The zero-order valence-electron chi connectivity index (χ0n) is 8.68. The number of rotatable bonds is 3. The van der Waals surface area contributed by atoms with Gasteiger partial charge in [0.1, 0.15) is 0 Å². The highest BCUT2D eigenvalue weighted by Gasteiger charge is 2.17. The van der Waals surface area contributed by atoms with E-state index < -0.39 is 0 Å². The maximum Gasteiger partial charge on any atom is 0.00555 e. The molecule has 0 N–H and O–H groups in total. The molecule has 66 valence electrons. The Kier molecular flexibility index (Phi) is 3.64. The van der Waals surface area contributed by atoms with Gasteiger partial charge in [0.25, 0.3) is 0 Å². The van der Waals surface area contributed by atoms with Crippen LogP contribution in [0.1, 0.15) is 27.7 Å². The molecule has 0 saturated heterocycles. The molecule has 0 rings (SSSR count). The Balaban J connectivity index is 4.11. The van der Waals surface area contributed by atoms with Gasteiger partial charge in [-0.2, -0.15) is 0 Å². The molecule has 0 aromatic rings. The molecule has 11 heavy (non-hydrogen) atoms. The number of hydrogen-bond acceptors (Lipinski definition) is 1. The van der Waals surface area contributed by atoms with Gasteiger partial charge in [0.2, 0.25) is 0 Å². The summed E-state index contributed by atoms with van der Waals surface area (Å²) >= 11 is 0. The summed E-state index contributed by atoms with van der Waals surface area (Å²) in [5.41, 5.74) is 0.310. The summed E-state index contributed by atoms with van der Waals surface area (Å²) in [6, 6.07) is 0. The molecule has 0 aliphatic carbocycles. The summed E-state index contributed by atoms with van der Waals surface area (Å²) in [5.74, 6) is 0.693. The normalized spacial score (nSPS) is 13.0. The maximum atomic E-state index is 2.26. The Hall–Kier alpha value is -0.460. The first-order valence-electron chi connectivity index (χ1n) is 4.22. The largest absolute Gasteiger partial charge is 0.384 e. The summed E-state index contributed by atoms with van der Waals surface area (Å²) in [6.45, 7) is 9.02. The molecule has 0 radical (unpaired) electrons. The fraction of sp³-hybridized carbons (Fsp3) is 0.800. The first-order valence-corrected chi connectivity index (χ1v) is 4.22. The van der Waals surface area contributed by atoms with Crippen LogP contribution in [0.25, 0.3) is 0 Å². The van der Waals surface area contributed by atoms with Crippen molar-refractivity contribution in [2.24, 2.45) is 11.3 Å². The molecule has 0 amide bonds. The summed E-state index contributed by atoms with van der Waals surface area (Å²) in [5, 5.41) is 0. The first kappa shape index (κ1) is 10.5. The number of hydrogen-bond donors (Lipinski definition) is 0. The average molecular weight is 155 g/mol. The lowest BCUT2D eigenvalue weighted by Crippen LogP contribution is -2.17. The Labute approximate surface area is 71.1 Å². The molecule has 0 saturated carbocycles. The van der Waals surface area contributed by atoms with Crippen molar-refractivity contribution in [2.75, 3.05) is 14.1 Å². The second-order valence-electron chi connectivity index (χ2n) is 4.26. The summed E-state index contributed by atoms with van der Waals surface area (Å²) in [6.07, 6.45) is 4.39. The fourth-order valence-corrected chi connectivity index (χ4v) is 0.534. The van der Waals surface area contributed by atoms with E-state index >= 15 is 0 Å². The maximum absolute atomic E-state index is 2.26. The molecule has 0 aliphatic heterocycles. The van der Waals surface area contributed by atoms with Gasteiger partial charge >= 0.3 is 0 Å². The standard InChI is InChI=1S/C10H21N/c1-9(2)10(3,4)7-8-11(5)6/h7-9H,1-6H3/b8-7+. The van der Waals surface area contributed by atoms with Gasteiger partial charge in [-0.25, -0.2) is 0 Å². The van der Waals surface area contributed by atoms with E-state index in [4.69, 9.17) is 0 Å². The molecule has 0 bridgehead atoms. The minimum absolute atomic E-state index is 0.310. The lowest BCUT2D eigenvalue weighted by molar-refractivity contribution is 0.328. The van der Waals surface area contributed by atoms with Crippen LogP contribution in [-0.4, -0.2) is 19.0 Å². The predicted octanol–water partition coefficient (Wildman–Crippen LogP) is 2.74. The minimum Gasteiger partial charge on any atom is -0.384 e. The first-order chi connectivity index (χ1) is 4.86. The average Bonchev–Trinajstić information content (AvgIpc) is 1.84. The smallest absolute Gasteiger partial charge is 0.00555 e. The lowest BCUT2D eigenvalue weighted by Gasteiger charge is -2.25. The van der Waals surface area contributed by atoms with Gasteiger partial charge in [0, 0.05) is 14.1 Å². The Morgan fingerprint density at radius 3 is 1.91 bits per heavy atom. The monoisotopic (exact) mass is 155 g/mol. The molecular weight excluding hydrogens is 134 g/mol. The second kappa shape index (κ2) is 3.80. The van der Waals surface area contributed by atoms with E-state index in [1.54, 1.807) is 0 Å². The number of allylic oxidation sites excluding steroid dienone is 1. The Bertz CT molecular complexity index is 132. The molecule has 1 heteroatoms. The van der Waals surface area contributed by atoms with Crippen molar-refractivity contribution in [3.05, 3.63) is 12.3 Å². The van der Waals surface area contributed by atoms with Crippen LogP contribution in [0.2, 0.25) is 0 Å². The van der Waals surface area contributed by atoms with Crippen molar-refractivity contribution in [3.63, 3.8) is 0 Å². The van der Waals surface area contributed by atoms with Crippen LogP contribution >= 0.6 is 0 Å². The molecule has 0 heterocycles. The molecule has 0 aromatic heterocycles. The van der Waals surface area contributed by atoms with Gasteiger partial charge in [0.05, 0.1) is 0 Å². The molecule has 0 fully saturated rings. The van der Waals surface area contributed by atoms with Crippen LogP contribution in [-0.2, 0) is 0 Å². The van der Waals surface area contributed by atoms with Crippen molar-refractivity contribution in [3.8, 4) is 0 Å². The Morgan fingerprint density at radius 2 is 1.64 bits per heavy atom.